The van der Waals surface area contributed by atoms with E-state index in [9.17, 15) is 9.00 Å². The Hall–Kier alpha value is -4.02. The summed E-state index contributed by atoms with van der Waals surface area (Å²) in [6.07, 6.45) is 1.74. The van der Waals surface area contributed by atoms with Crippen molar-refractivity contribution in [2.75, 3.05) is 28.7 Å². The van der Waals surface area contributed by atoms with Crippen LogP contribution in [0.15, 0.2) is 79.0 Å². The fraction of sp³-hybridized carbons (Fsp3) is 0.148. The topological polar surface area (TPSA) is 110 Å². The molecule has 2 N–H and O–H groups in total. The summed E-state index contributed by atoms with van der Waals surface area (Å²) in [4.78, 5) is 32.5. The van der Waals surface area contributed by atoms with Gasteiger partial charge in [0.15, 0.2) is 5.82 Å². The first kappa shape index (κ1) is 24.7. The second kappa shape index (κ2) is 11.4. The van der Waals surface area contributed by atoms with Gasteiger partial charge < -0.3 is 10.6 Å². The maximum atomic E-state index is 13.4. The molecule has 0 saturated carbocycles. The molecule has 5 rings (SSSR count). The average Bonchev–Trinajstić information content (AvgIpc) is 3.38. The van der Waals surface area contributed by atoms with E-state index in [0.29, 0.717) is 35.4 Å². The predicted octanol–water partition coefficient (Wildman–Crippen LogP) is 5.25. The third kappa shape index (κ3) is 5.87. The zero-order valence-corrected chi connectivity index (χ0v) is 21.7. The number of nitrogens with zero attached hydrogens (tertiary/aromatic N) is 4. The molecule has 37 heavy (non-hydrogen) atoms. The Morgan fingerprint density at radius 2 is 1.78 bits per heavy atom. The Morgan fingerprint density at radius 1 is 0.973 bits per heavy atom. The average molecular weight is 529 g/mol. The highest BCUT2D eigenvalue weighted by atomic mass is 32.2. The number of hydrogen-bond acceptors (Lipinski definition) is 8. The number of rotatable bonds is 9. The number of amides is 1. The Balaban J connectivity index is 1.45. The zero-order chi connectivity index (χ0) is 25.6. The van der Waals surface area contributed by atoms with E-state index in [1.165, 1.54) is 11.3 Å². The van der Waals surface area contributed by atoms with Crippen molar-refractivity contribution in [2.45, 2.75) is 6.92 Å². The van der Waals surface area contributed by atoms with Gasteiger partial charge in [0.1, 0.15) is 26.9 Å². The second-order valence-electron chi connectivity index (χ2n) is 8.03. The van der Waals surface area contributed by atoms with Gasteiger partial charge in [0, 0.05) is 52.2 Å². The molecule has 0 fully saturated rings. The van der Waals surface area contributed by atoms with Gasteiger partial charge in [-0.15, -0.1) is 0 Å². The smallest absolute Gasteiger partial charge is 0.274 e. The highest BCUT2D eigenvalue weighted by Gasteiger charge is 2.17. The molecule has 0 saturated heterocycles. The van der Waals surface area contributed by atoms with Crippen LogP contribution in [0.5, 0.6) is 0 Å². The molecule has 186 valence electrons. The molecule has 1 unspecified atom stereocenters. The van der Waals surface area contributed by atoms with Crippen molar-refractivity contribution in [2.24, 2.45) is 0 Å². The largest absolute Gasteiger partial charge is 0.369 e. The van der Waals surface area contributed by atoms with Gasteiger partial charge in [0.25, 0.3) is 5.91 Å². The van der Waals surface area contributed by atoms with E-state index < -0.39 is 10.8 Å². The summed E-state index contributed by atoms with van der Waals surface area (Å²) in [6, 6.07) is 22.4. The third-order valence-electron chi connectivity index (χ3n) is 5.52. The molecular weight excluding hydrogens is 504 g/mol. The number of pyridine rings is 1. The lowest BCUT2D eigenvalue weighted by molar-refractivity contribution is 0.102. The molecule has 1 atom stereocenters. The molecule has 0 aliphatic rings. The second-order valence-corrected chi connectivity index (χ2v) is 10.9. The van der Waals surface area contributed by atoms with Crippen LogP contribution in [0.4, 0.5) is 11.5 Å². The number of para-hydroxylation sites is 1. The molecule has 1 amide bonds. The minimum absolute atomic E-state index is 0.216. The first-order valence-corrected chi connectivity index (χ1v) is 14.1. The quantitative estimate of drug-likeness (QED) is 0.269. The molecule has 0 spiro atoms. The SMILES string of the molecule is CCS(=O)CCNc1cc(C(=O)Nc2ccccc2-c2nc3cccnc3s2)nc(-c2ccccc2)n1. The number of carbonyl (C=O) groups is 1. The highest BCUT2D eigenvalue weighted by molar-refractivity contribution is 7.84. The minimum atomic E-state index is -0.904. The van der Waals surface area contributed by atoms with Gasteiger partial charge in [-0.3, -0.25) is 9.00 Å². The normalized spacial score (nSPS) is 11.8. The van der Waals surface area contributed by atoms with E-state index in [0.717, 1.165) is 26.5 Å². The number of aromatic nitrogens is 4. The van der Waals surface area contributed by atoms with Crippen LogP contribution in [-0.4, -0.2) is 48.1 Å². The van der Waals surface area contributed by atoms with Gasteiger partial charge in [-0.2, -0.15) is 0 Å². The van der Waals surface area contributed by atoms with E-state index in [-0.39, 0.29) is 11.6 Å². The molecule has 0 aliphatic carbocycles. The monoisotopic (exact) mass is 528 g/mol. The molecule has 0 aliphatic heterocycles. The lowest BCUT2D eigenvalue weighted by Gasteiger charge is -2.12. The van der Waals surface area contributed by atoms with Crippen molar-refractivity contribution in [3.8, 4) is 22.0 Å². The zero-order valence-electron chi connectivity index (χ0n) is 20.0. The fourth-order valence-corrected chi connectivity index (χ4v) is 5.22. The maximum absolute atomic E-state index is 13.4. The third-order valence-corrected chi connectivity index (χ3v) is 7.84. The first-order valence-electron chi connectivity index (χ1n) is 11.8. The fourth-order valence-electron chi connectivity index (χ4n) is 3.66. The summed E-state index contributed by atoms with van der Waals surface area (Å²) in [7, 11) is -0.904. The first-order chi connectivity index (χ1) is 18.1. The van der Waals surface area contributed by atoms with Gasteiger partial charge in [0.2, 0.25) is 0 Å². The Morgan fingerprint density at radius 3 is 2.59 bits per heavy atom. The van der Waals surface area contributed by atoms with Crippen LogP contribution in [0, 0.1) is 0 Å². The highest BCUT2D eigenvalue weighted by Crippen LogP contribution is 2.33. The van der Waals surface area contributed by atoms with Crippen LogP contribution in [0.1, 0.15) is 17.4 Å². The summed E-state index contributed by atoms with van der Waals surface area (Å²) < 4.78 is 11.8. The molecular formula is C27H24N6O2S2. The lowest BCUT2D eigenvalue weighted by Crippen LogP contribution is -2.17. The van der Waals surface area contributed by atoms with E-state index in [1.54, 1.807) is 12.3 Å². The Bertz CT molecular complexity index is 1540. The van der Waals surface area contributed by atoms with Crippen LogP contribution in [0.2, 0.25) is 0 Å². The number of fused-ring (bicyclic) bond motifs is 1. The van der Waals surface area contributed by atoms with Crippen LogP contribution >= 0.6 is 11.3 Å². The van der Waals surface area contributed by atoms with Crippen molar-refractivity contribution in [3.63, 3.8) is 0 Å². The van der Waals surface area contributed by atoms with Crippen molar-refractivity contribution in [1.29, 1.82) is 0 Å². The number of carbonyl (C=O) groups excluding carboxylic acids is 1. The van der Waals surface area contributed by atoms with Crippen molar-refractivity contribution in [3.05, 3.63) is 84.7 Å². The number of thiazole rings is 1. The molecule has 0 bridgehead atoms. The van der Waals surface area contributed by atoms with Crippen LogP contribution in [-0.2, 0) is 10.8 Å². The van der Waals surface area contributed by atoms with E-state index >= 15 is 0 Å². The molecule has 3 aromatic heterocycles. The number of benzene rings is 2. The van der Waals surface area contributed by atoms with Gasteiger partial charge in [0.05, 0.1) is 5.69 Å². The van der Waals surface area contributed by atoms with Crippen molar-refractivity contribution < 1.29 is 9.00 Å². The lowest BCUT2D eigenvalue weighted by atomic mass is 10.1. The van der Waals surface area contributed by atoms with Gasteiger partial charge in [-0.1, -0.05) is 60.7 Å². The molecule has 2 aromatic carbocycles. The standard InChI is InChI=1S/C27H24N6O2S2/c1-2-37(35)16-15-28-23-17-22(30-24(33-23)18-9-4-3-5-10-18)25(34)31-20-12-7-6-11-19(20)26-32-21-13-8-14-29-27(21)36-26/h3-14,17H,2,15-16H2,1H3,(H,31,34)(H,28,30,33). The maximum Gasteiger partial charge on any atom is 0.274 e. The molecule has 8 nitrogen and oxygen atoms in total. The van der Waals surface area contributed by atoms with Gasteiger partial charge >= 0.3 is 0 Å². The van der Waals surface area contributed by atoms with Crippen LogP contribution < -0.4 is 10.6 Å². The van der Waals surface area contributed by atoms with Crippen LogP contribution in [0.3, 0.4) is 0 Å². The van der Waals surface area contributed by atoms with E-state index in [2.05, 4.69) is 25.6 Å². The summed E-state index contributed by atoms with van der Waals surface area (Å²) in [5, 5.41) is 6.96. The summed E-state index contributed by atoms with van der Waals surface area (Å²) in [6.45, 7) is 2.36. The molecule has 3 heterocycles. The van der Waals surface area contributed by atoms with Gasteiger partial charge in [-0.05, 0) is 24.3 Å². The van der Waals surface area contributed by atoms with Crippen LogP contribution in [0.25, 0.3) is 32.3 Å². The predicted molar refractivity (Wildman–Crippen MR) is 150 cm³/mol. The number of hydrogen-bond donors (Lipinski definition) is 2. The number of anilines is 2. The van der Waals surface area contributed by atoms with Gasteiger partial charge in [-0.25, -0.2) is 19.9 Å². The Kier molecular flexibility index (Phi) is 7.57. The van der Waals surface area contributed by atoms with Crippen molar-refractivity contribution >= 4 is 49.9 Å². The van der Waals surface area contributed by atoms with Crippen molar-refractivity contribution in [1.82, 2.24) is 19.9 Å². The summed E-state index contributed by atoms with van der Waals surface area (Å²) in [5.74, 6) is 1.65. The van der Waals surface area contributed by atoms with E-state index in [4.69, 9.17) is 4.98 Å². The Labute approximate surface area is 220 Å². The molecule has 0 radical (unpaired) electrons. The van der Waals surface area contributed by atoms with E-state index in [1.807, 2.05) is 73.7 Å². The summed E-state index contributed by atoms with van der Waals surface area (Å²) in [5.41, 5.74) is 3.25. The molecule has 5 aromatic rings. The number of nitrogens with one attached hydrogen (secondary N) is 2. The summed E-state index contributed by atoms with van der Waals surface area (Å²) >= 11 is 1.47. The minimum Gasteiger partial charge on any atom is -0.369 e. The molecule has 10 heteroatoms.